The Morgan fingerprint density at radius 3 is 2.08 bits per heavy atom. The molecule has 0 bridgehead atoms. The number of nitrogens with zero attached hydrogens (tertiary/aromatic N) is 4. The largest absolute Gasteiger partial charge is 0.335 e. The molecule has 25 heavy (non-hydrogen) atoms. The van der Waals surface area contributed by atoms with Crippen molar-refractivity contribution in [1.29, 1.82) is 0 Å². The third kappa shape index (κ3) is 5.95. The van der Waals surface area contributed by atoms with Crippen LogP contribution in [0.25, 0.3) is 11.3 Å². The molecule has 2 rings (SSSR count). The molecule has 1 heterocycles. The first-order chi connectivity index (χ1) is 11.9. The summed E-state index contributed by atoms with van der Waals surface area (Å²) >= 11 is 3.43. The van der Waals surface area contributed by atoms with Crippen molar-refractivity contribution in [3.05, 3.63) is 40.5 Å². The van der Waals surface area contributed by atoms with Crippen LogP contribution < -0.4 is 0 Å². The van der Waals surface area contributed by atoms with Crippen molar-refractivity contribution in [2.24, 2.45) is 0 Å². The number of rotatable bonds is 8. The molecule has 1 N–H and O–H groups in total. The molecular weight excluding hydrogens is 382 g/mol. The highest BCUT2D eigenvalue weighted by molar-refractivity contribution is 9.10. The second kappa shape index (κ2) is 9.12. The Morgan fingerprint density at radius 2 is 1.56 bits per heavy atom. The van der Waals surface area contributed by atoms with Gasteiger partial charge < -0.3 is 14.7 Å². The van der Waals surface area contributed by atoms with Gasteiger partial charge in [-0.15, -0.1) is 0 Å². The molecule has 0 saturated carbocycles. The number of aromatic amines is 1. The number of hydrogen-bond donors (Lipinski definition) is 1. The number of carbonyl (C=O) groups is 1. The summed E-state index contributed by atoms with van der Waals surface area (Å²) in [6, 6.07) is 9.70. The van der Waals surface area contributed by atoms with Crippen LogP contribution in [0.5, 0.6) is 0 Å². The number of carbonyl (C=O) groups excluding carboxylic acids is 1. The van der Waals surface area contributed by atoms with E-state index in [1.165, 1.54) is 0 Å². The van der Waals surface area contributed by atoms with Gasteiger partial charge in [0.15, 0.2) is 0 Å². The predicted octanol–water partition coefficient (Wildman–Crippen LogP) is 2.40. The topological polar surface area (TPSA) is 55.5 Å². The van der Waals surface area contributed by atoms with Gasteiger partial charge >= 0.3 is 0 Å². The predicted molar refractivity (Wildman–Crippen MR) is 105 cm³/mol. The first-order valence-corrected chi connectivity index (χ1v) is 9.06. The van der Waals surface area contributed by atoms with E-state index in [1.807, 2.05) is 63.4 Å². The van der Waals surface area contributed by atoms with Gasteiger partial charge in [0, 0.05) is 36.2 Å². The van der Waals surface area contributed by atoms with E-state index in [9.17, 15) is 4.79 Å². The van der Waals surface area contributed by atoms with Gasteiger partial charge in [-0.2, -0.15) is 5.10 Å². The molecule has 1 aromatic carbocycles. The van der Waals surface area contributed by atoms with Gasteiger partial charge in [-0.1, -0.05) is 28.1 Å². The molecule has 7 heteroatoms. The minimum absolute atomic E-state index is 0.0143. The van der Waals surface area contributed by atoms with E-state index in [0.717, 1.165) is 28.8 Å². The van der Waals surface area contributed by atoms with Crippen LogP contribution in [0.15, 0.2) is 34.8 Å². The minimum Gasteiger partial charge on any atom is -0.335 e. The molecule has 1 amide bonds. The lowest BCUT2D eigenvalue weighted by molar-refractivity contribution is 0.0728. The number of amides is 1. The summed E-state index contributed by atoms with van der Waals surface area (Å²) < 4.78 is 1.02. The molecule has 0 atom stereocenters. The number of nitrogens with one attached hydrogen (secondary N) is 1. The van der Waals surface area contributed by atoms with Crippen molar-refractivity contribution in [3.63, 3.8) is 0 Å². The van der Waals surface area contributed by atoms with Crippen molar-refractivity contribution >= 4 is 21.8 Å². The van der Waals surface area contributed by atoms with Gasteiger partial charge in [-0.25, -0.2) is 0 Å². The Labute approximate surface area is 157 Å². The van der Waals surface area contributed by atoms with Crippen LogP contribution in [0.1, 0.15) is 10.5 Å². The molecule has 0 aliphatic heterocycles. The molecule has 136 valence electrons. The van der Waals surface area contributed by atoms with E-state index in [0.29, 0.717) is 18.8 Å². The zero-order valence-electron chi connectivity index (χ0n) is 15.3. The van der Waals surface area contributed by atoms with E-state index in [4.69, 9.17) is 0 Å². The number of hydrogen-bond acceptors (Lipinski definition) is 4. The first-order valence-electron chi connectivity index (χ1n) is 8.27. The maximum absolute atomic E-state index is 12.9. The standard InChI is InChI=1S/C18H26BrN5O/c1-22(2)9-11-24(12-10-23(3)4)18(25)17-13-16(20-21-17)14-5-7-15(19)8-6-14/h5-8,13H,9-12H2,1-4H3,(H,20,21). The van der Waals surface area contributed by atoms with Gasteiger partial charge in [-0.05, 0) is 46.4 Å². The third-order valence-corrected chi connectivity index (χ3v) is 4.40. The summed E-state index contributed by atoms with van der Waals surface area (Å²) in [5.41, 5.74) is 2.28. The summed E-state index contributed by atoms with van der Waals surface area (Å²) in [5.74, 6) is -0.0143. The van der Waals surface area contributed by atoms with E-state index in [-0.39, 0.29) is 5.91 Å². The Hall–Kier alpha value is -1.70. The molecule has 2 aromatic rings. The molecule has 0 aliphatic carbocycles. The van der Waals surface area contributed by atoms with Crippen molar-refractivity contribution in [1.82, 2.24) is 24.9 Å². The Balaban J connectivity index is 2.13. The lowest BCUT2D eigenvalue weighted by Gasteiger charge is -2.25. The molecule has 0 aliphatic rings. The number of halogens is 1. The lowest BCUT2D eigenvalue weighted by Crippen LogP contribution is -2.40. The van der Waals surface area contributed by atoms with Crippen molar-refractivity contribution in [3.8, 4) is 11.3 Å². The molecule has 0 radical (unpaired) electrons. The van der Waals surface area contributed by atoms with Crippen LogP contribution in [0.4, 0.5) is 0 Å². The van der Waals surface area contributed by atoms with Crippen LogP contribution in [-0.4, -0.2) is 85.2 Å². The molecule has 6 nitrogen and oxygen atoms in total. The van der Waals surface area contributed by atoms with Gasteiger partial charge in [0.25, 0.3) is 5.91 Å². The summed E-state index contributed by atoms with van der Waals surface area (Å²) in [5, 5.41) is 7.20. The fourth-order valence-corrected chi connectivity index (χ4v) is 2.59. The Morgan fingerprint density at radius 1 is 1.00 bits per heavy atom. The monoisotopic (exact) mass is 407 g/mol. The molecule has 1 aromatic heterocycles. The Bertz CT molecular complexity index is 669. The number of aromatic nitrogens is 2. The second-order valence-corrected chi connectivity index (χ2v) is 7.49. The summed E-state index contributed by atoms with van der Waals surface area (Å²) in [7, 11) is 8.04. The molecular formula is C18H26BrN5O. The second-order valence-electron chi connectivity index (χ2n) is 6.57. The number of H-pyrrole nitrogens is 1. The number of likely N-dealkylation sites (N-methyl/N-ethyl adjacent to an activating group) is 2. The maximum Gasteiger partial charge on any atom is 0.271 e. The van der Waals surface area contributed by atoms with E-state index < -0.39 is 0 Å². The summed E-state index contributed by atoms with van der Waals surface area (Å²) in [6.45, 7) is 3.03. The zero-order valence-corrected chi connectivity index (χ0v) is 16.9. The average Bonchev–Trinajstić information content (AvgIpc) is 3.04. The van der Waals surface area contributed by atoms with E-state index >= 15 is 0 Å². The first kappa shape index (κ1) is 19.6. The van der Waals surface area contributed by atoms with Crippen LogP contribution in [0.2, 0.25) is 0 Å². The SMILES string of the molecule is CN(C)CCN(CCN(C)C)C(=O)c1cc(-c2ccc(Br)cc2)n[nH]1. The van der Waals surface area contributed by atoms with Crippen LogP contribution in [0, 0.1) is 0 Å². The number of benzene rings is 1. The van der Waals surface area contributed by atoms with Crippen molar-refractivity contribution < 1.29 is 4.79 Å². The van der Waals surface area contributed by atoms with E-state index in [1.54, 1.807) is 0 Å². The fourth-order valence-electron chi connectivity index (χ4n) is 2.33. The molecule has 0 unspecified atom stereocenters. The highest BCUT2D eigenvalue weighted by Gasteiger charge is 2.18. The smallest absolute Gasteiger partial charge is 0.271 e. The Kier molecular flexibility index (Phi) is 7.16. The summed E-state index contributed by atoms with van der Waals surface area (Å²) in [6.07, 6.45) is 0. The van der Waals surface area contributed by atoms with E-state index in [2.05, 4.69) is 35.9 Å². The van der Waals surface area contributed by atoms with Crippen LogP contribution in [0.3, 0.4) is 0 Å². The normalized spacial score (nSPS) is 11.3. The van der Waals surface area contributed by atoms with Gasteiger partial charge in [0.1, 0.15) is 5.69 Å². The minimum atomic E-state index is -0.0143. The summed E-state index contributed by atoms with van der Waals surface area (Å²) in [4.78, 5) is 18.9. The van der Waals surface area contributed by atoms with Crippen LogP contribution >= 0.6 is 15.9 Å². The van der Waals surface area contributed by atoms with Crippen LogP contribution in [-0.2, 0) is 0 Å². The lowest BCUT2D eigenvalue weighted by atomic mass is 10.1. The molecule has 0 spiro atoms. The quantitative estimate of drug-likeness (QED) is 0.729. The zero-order chi connectivity index (χ0) is 18.4. The highest BCUT2D eigenvalue weighted by Crippen LogP contribution is 2.21. The maximum atomic E-state index is 12.9. The fraction of sp³-hybridized carbons (Fsp3) is 0.444. The highest BCUT2D eigenvalue weighted by atomic mass is 79.9. The van der Waals surface area contributed by atoms with Crippen molar-refractivity contribution in [2.75, 3.05) is 54.4 Å². The van der Waals surface area contributed by atoms with Crippen molar-refractivity contribution in [2.45, 2.75) is 0 Å². The van der Waals surface area contributed by atoms with Gasteiger partial charge in [-0.3, -0.25) is 9.89 Å². The van der Waals surface area contributed by atoms with Gasteiger partial charge in [0.05, 0.1) is 5.69 Å². The van der Waals surface area contributed by atoms with Gasteiger partial charge in [0.2, 0.25) is 0 Å². The average molecular weight is 408 g/mol. The third-order valence-electron chi connectivity index (χ3n) is 3.87. The molecule has 0 saturated heterocycles. The molecule has 0 fully saturated rings.